The highest BCUT2D eigenvalue weighted by molar-refractivity contribution is 6.10. The van der Waals surface area contributed by atoms with Gasteiger partial charge in [0.1, 0.15) is 36.8 Å². The summed E-state index contributed by atoms with van der Waals surface area (Å²) in [6, 6.07) is 9.04. The Balaban J connectivity index is 0.000000162. The van der Waals surface area contributed by atoms with Gasteiger partial charge < -0.3 is 35.0 Å². The van der Waals surface area contributed by atoms with Crippen molar-refractivity contribution in [2.75, 3.05) is 33.6 Å². The SMILES string of the molecule is CC(=O)O.CC(C)c1cc2c(cc1NC1CCC1)N1C(=NNC(=O)[C@@H]1C)CO2.CC(C)c1cc2c(cc1NC1CCC1)N1C(=NNC(=O)[C@@H]1C)CO2. The van der Waals surface area contributed by atoms with Gasteiger partial charge in [0.25, 0.3) is 17.8 Å². The van der Waals surface area contributed by atoms with Gasteiger partial charge >= 0.3 is 0 Å². The van der Waals surface area contributed by atoms with Crippen LogP contribution in [0, 0.1) is 0 Å². The van der Waals surface area contributed by atoms with Crippen LogP contribution in [0.4, 0.5) is 22.7 Å². The molecule has 6 aliphatic rings. The number of hydrogen-bond donors (Lipinski definition) is 5. The lowest BCUT2D eigenvalue weighted by atomic mass is 9.91. The first-order valence-electron chi connectivity index (χ1n) is 18.5. The van der Waals surface area contributed by atoms with Crippen molar-refractivity contribution in [2.24, 2.45) is 10.2 Å². The molecular weight excluding hydrogens is 664 g/mol. The quantitative estimate of drug-likeness (QED) is 0.250. The number of nitrogens with zero attached hydrogens (tertiary/aromatic N) is 4. The van der Waals surface area contributed by atoms with Crippen LogP contribution < -0.4 is 40.8 Å². The van der Waals surface area contributed by atoms with Crippen LogP contribution >= 0.6 is 0 Å². The molecule has 14 heteroatoms. The van der Waals surface area contributed by atoms with Crippen LogP contribution in [0.2, 0.25) is 0 Å². The van der Waals surface area contributed by atoms with Gasteiger partial charge in [-0.1, -0.05) is 27.7 Å². The molecule has 2 aliphatic carbocycles. The van der Waals surface area contributed by atoms with E-state index < -0.39 is 5.97 Å². The smallest absolute Gasteiger partial charge is 0.300 e. The number of hydrazone groups is 2. The maximum Gasteiger partial charge on any atom is 0.300 e. The van der Waals surface area contributed by atoms with Crippen LogP contribution in [0.5, 0.6) is 11.5 Å². The number of hydrogen-bond acceptors (Lipinski definition) is 11. The first-order valence-corrected chi connectivity index (χ1v) is 18.5. The molecule has 0 unspecified atom stereocenters. The molecule has 2 aromatic rings. The van der Waals surface area contributed by atoms with Gasteiger partial charge in [-0.25, -0.2) is 10.9 Å². The van der Waals surface area contributed by atoms with Crippen molar-refractivity contribution in [2.45, 2.75) is 123 Å². The molecule has 5 N–H and O–H groups in total. The normalized spacial score (nSPS) is 21.6. The van der Waals surface area contributed by atoms with E-state index in [1.807, 2.05) is 23.6 Å². The first-order chi connectivity index (χ1) is 24.8. The van der Waals surface area contributed by atoms with Crippen molar-refractivity contribution in [1.82, 2.24) is 10.9 Å². The van der Waals surface area contributed by atoms with E-state index in [0.29, 0.717) is 37.1 Å². The third-order valence-electron chi connectivity index (χ3n) is 10.3. The average molecular weight is 717 g/mol. The molecule has 4 heterocycles. The topological polar surface area (TPSA) is 169 Å². The summed E-state index contributed by atoms with van der Waals surface area (Å²) in [6.45, 7) is 14.4. The summed E-state index contributed by atoms with van der Waals surface area (Å²) in [5.41, 5.74) is 11.8. The minimum Gasteiger partial charge on any atom is -0.483 e. The van der Waals surface area contributed by atoms with Gasteiger partial charge in [0.2, 0.25) is 0 Å². The summed E-state index contributed by atoms with van der Waals surface area (Å²) in [6.07, 6.45) is 7.48. The second-order valence-corrected chi connectivity index (χ2v) is 14.9. The number of nitrogens with one attached hydrogen (secondary N) is 4. The predicted molar refractivity (Wildman–Crippen MR) is 203 cm³/mol. The Kier molecular flexibility index (Phi) is 10.8. The minimum absolute atomic E-state index is 0.0898. The molecule has 0 saturated heterocycles. The fourth-order valence-corrected chi connectivity index (χ4v) is 6.93. The lowest BCUT2D eigenvalue weighted by Gasteiger charge is -2.39. The molecule has 4 aliphatic heterocycles. The molecule has 2 fully saturated rings. The third kappa shape index (κ3) is 7.61. The van der Waals surface area contributed by atoms with E-state index in [1.165, 1.54) is 49.7 Å². The number of benzene rings is 2. The maximum atomic E-state index is 12.0. The zero-order valence-corrected chi connectivity index (χ0v) is 31.2. The van der Waals surface area contributed by atoms with Crippen LogP contribution in [-0.2, 0) is 14.4 Å². The van der Waals surface area contributed by atoms with Crippen molar-refractivity contribution < 1.29 is 29.0 Å². The molecule has 280 valence electrons. The Hall–Kier alpha value is -5.01. The predicted octanol–water partition coefficient (Wildman–Crippen LogP) is 5.70. The maximum absolute atomic E-state index is 12.0. The number of amides is 2. The summed E-state index contributed by atoms with van der Waals surface area (Å²) >= 11 is 0. The van der Waals surface area contributed by atoms with E-state index >= 15 is 0 Å². The number of carbonyl (C=O) groups is 3. The van der Waals surface area contributed by atoms with E-state index in [2.05, 4.69) is 83.6 Å². The molecule has 14 nitrogen and oxygen atoms in total. The highest BCUT2D eigenvalue weighted by Gasteiger charge is 2.37. The standard InChI is InChI=1S/2C18H24N4O2.C2H4O2/c2*1-10(2)13-7-16-15(8-14(13)19-12-5-4-6-12)22-11(3)18(23)21-20-17(22)9-24-16;1-2(3)4/h2*7-8,10-12,19H,4-6,9H2,1-3H3,(H,21,23);1H3,(H,3,4)/t2*11-;/m00./s1. The van der Waals surface area contributed by atoms with Gasteiger partial charge in [-0.3, -0.25) is 14.4 Å². The largest absolute Gasteiger partial charge is 0.483 e. The summed E-state index contributed by atoms with van der Waals surface area (Å²) in [7, 11) is 0. The van der Waals surface area contributed by atoms with Crippen molar-refractivity contribution in [3.8, 4) is 11.5 Å². The van der Waals surface area contributed by atoms with Gasteiger partial charge in [0.15, 0.2) is 11.7 Å². The number of carboxylic acid groups (broad SMARTS) is 1. The van der Waals surface area contributed by atoms with Crippen molar-refractivity contribution >= 4 is 52.2 Å². The molecule has 2 amide bonds. The molecule has 2 atom stereocenters. The molecule has 0 spiro atoms. The summed E-state index contributed by atoms with van der Waals surface area (Å²) in [4.78, 5) is 37.1. The molecule has 52 heavy (non-hydrogen) atoms. The van der Waals surface area contributed by atoms with Gasteiger partial charge in [0.05, 0.1) is 11.4 Å². The number of fused-ring (bicyclic) bond motifs is 6. The summed E-state index contributed by atoms with van der Waals surface area (Å²) < 4.78 is 11.8. The molecule has 0 radical (unpaired) electrons. The van der Waals surface area contributed by atoms with E-state index in [0.717, 1.165) is 52.8 Å². The fraction of sp³-hybridized carbons (Fsp3) is 0.553. The first kappa shape index (κ1) is 36.8. The molecular formula is C38H52N8O6. The van der Waals surface area contributed by atoms with Crippen molar-refractivity contribution in [1.29, 1.82) is 0 Å². The minimum atomic E-state index is -0.833. The third-order valence-corrected chi connectivity index (χ3v) is 10.3. The lowest BCUT2D eigenvalue weighted by molar-refractivity contribution is -0.134. The number of anilines is 4. The number of carboxylic acids is 1. The molecule has 2 aromatic carbocycles. The van der Waals surface area contributed by atoms with Crippen LogP contribution in [0.25, 0.3) is 0 Å². The Morgan fingerprint density at radius 1 is 0.750 bits per heavy atom. The summed E-state index contributed by atoms with van der Waals surface area (Å²) in [5.74, 6) is 2.96. The zero-order chi connectivity index (χ0) is 37.3. The number of ether oxygens (including phenoxy) is 2. The van der Waals surface area contributed by atoms with Gasteiger partial charge in [-0.2, -0.15) is 10.2 Å². The Morgan fingerprint density at radius 2 is 1.12 bits per heavy atom. The second kappa shape index (κ2) is 15.3. The van der Waals surface area contributed by atoms with Gasteiger partial charge in [-0.15, -0.1) is 0 Å². The van der Waals surface area contributed by atoms with Gasteiger partial charge in [0, 0.05) is 30.4 Å². The molecule has 8 rings (SSSR count). The Labute approximate surface area is 305 Å². The van der Waals surface area contributed by atoms with Crippen LogP contribution in [-0.4, -0.2) is 71.9 Å². The van der Waals surface area contributed by atoms with E-state index in [1.54, 1.807) is 0 Å². The summed E-state index contributed by atoms with van der Waals surface area (Å²) in [5, 5.41) is 23.1. The monoisotopic (exact) mass is 716 g/mol. The number of carbonyl (C=O) groups excluding carboxylic acids is 2. The molecule has 2 saturated carbocycles. The number of amidine groups is 2. The Morgan fingerprint density at radius 3 is 1.42 bits per heavy atom. The number of rotatable bonds is 6. The van der Waals surface area contributed by atoms with E-state index in [-0.39, 0.29) is 23.9 Å². The highest BCUT2D eigenvalue weighted by Crippen LogP contribution is 2.43. The molecule has 0 bridgehead atoms. The molecule has 0 aromatic heterocycles. The van der Waals surface area contributed by atoms with Crippen LogP contribution in [0.3, 0.4) is 0 Å². The van der Waals surface area contributed by atoms with Crippen LogP contribution in [0.15, 0.2) is 34.5 Å². The lowest BCUT2D eigenvalue weighted by Crippen LogP contribution is -2.55. The van der Waals surface area contributed by atoms with Crippen LogP contribution in [0.1, 0.15) is 110 Å². The van der Waals surface area contributed by atoms with E-state index in [4.69, 9.17) is 19.4 Å². The highest BCUT2D eigenvalue weighted by atomic mass is 16.5. The van der Waals surface area contributed by atoms with Crippen molar-refractivity contribution in [3.05, 3.63) is 35.4 Å². The van der Waals surface area contributed by atoms with Crippen molar-refractivity contribution in [3.63, 3.8) is 0 Å². The average Bonchev–Trinajstić information content (AvgIpc) is 3.06. The second-order valence-electron chi connectivity index (χ2n) is 14.9. The van der Waals surface area contributed by atoms with Gasteiger partial charge in [-0.05, 0) is 99.6 Å². The fourth-order valence-electron chi connectivity index (χ4n) is 6.93. The van der Waals surface area contributed by atoms with E-state index in [9.17, 15) is 9.59 Å². The number of aliphatic carboxylic acids is 1. The Bertz CT molecular complexity index is 1640. The zero-order valence-electron chi connectivity index (χ0n) is 31.2.